The summed E-state index contributed by atoms with van der Waals surface area (Å²) in [6.45, 7) is 1.86. The van der Waals surface area contributed by atoms with Crippen LogP contribution in [0.15, 0.2) is 0 Å². The van der Waals surface area contributed by atoms with Gasteiger partial charge in [0.25, 0.3) is 0 Å². The Morgan fingerprint density at radius 3 is 0.625 bits per heavy atom. The summed E-state index contributed by atoms with van der Waals surface area (Å²) in [7, 11) is 0. The van der Waals surface area contributed by atoms with Crippen molar-refractivity contribution in [3.8, 4) is 0 Å². The lowest BCUT2D eigenvalue weighted by atomic mass is 10.1. The van der Waals surface area contributed by atoms with Crippen LogP contribution in [-0.2, 0) is 18.9 Å². The fraction of sp³-hybridized carbons (Fsp3) is 0.923. The molecular formula is C26H48O6. The average molecular weight is 457 g/mol. The van der Waals surface area contributed by atoms with E-state index >= 15 is 0 Å². The van der Waals surface area contributed by atoms with E-state index in [4.69, 9.17) is 18.9 Å². The lowest BCUT2D eigenvalue weighted by Crippen LogP contribution is -2.09. The number of hydrogen-bond acceptors (Lipinski definition) is 6. The predicted octanol–water partition coefficient (Wildman–Crippen LogP) is 8.11. The zero-order valence-electron chi connectivity index (χ0n) is 20.4. The van der Waals surface area contributed by atoms with Crippen molar-refractivity contribution in [1.29, 1.82) is 0 Å². The first kappa shape index (κ1) is 28.6. The van der Waals surface area contributed by atoms with Crippen LogP contribution in [0.2, 0.25) is 0 Å². The van der Waals surface area contributed by atoms with Crippen molar-refractivity contribution in [2.75, 3.05) is 26.4 Å². The molecule has 1 aliphatic heterocycles. The standard InChI is InChI=1S/C26H48O6/c27-25-29-21-17-13-9-5-2-1-3-6-10-14-18-22-30-26(28)32-24-20-16-12-8-4-7-11-15-19-23-31-25/h1-24H2. The van der Waals surface area contributed by atoms with E-state index in [1.165, 1.54) is 77.0 Å². The first-order valence-corrected chi connectivity index (χ1v) is 13.4. The third kappa shape index (κ3) is 20.4. The number of carbonyl (C=O) groups is 2. The molecule has 0 N–H and O–H groups in total. The summed E-state index contributed by atoms with van der Waals surface area (Å²) >= 11 is 0. The molecule has 1 aliphatic rings. The van der Waals surface area contributed by atoms with Crippen LogP contribution < -0.4 is 0 Å². The first-order valence-electron chi connectivity index (χ1n) is 13.4. The van der Waals surface area contributed by atoms with Crippen LogP contribution in [0.5, 0.6) is 0 Å². The molecule has 188 valence electrons. The summed E-state index contributed by atoms with van der Waals surface area (Å²) < 4.78 is 20.6. The van der Waals surface area contributed by atoms with E-state index in [0.717, 1.165) is 51.4 Å². The number of ether oxygens (including phenoxy) is 4. The van der Waals surface area contributed by atoms with Crippen molar-refractivity contribution >= 4 is 12.3 Å². The van der Waals surface area contributed by atoms with Gasteiger partial charge in [0, 0.05) is 0 Å². The topological polar surface area (TPSA) is 71.1 Å². The van der Waals surface area contributed by atoms with E-state index in [-0.39, 0.29) is 0 Å². The van der Waals surface area contributed by atoms with E-state index in [1.807, 2.05) is 0 Å². The molecule has 6 heteroatoms. The highest BCUT2D eigenvalue weighted by atomic mass is 16.7. The average Bonchev–Trinajstić information content (AvgIpc) is 2.78. The highest BCUT2D eigenvalue weighted by Gasteiger charge is 2.04. The van der Waals surface area contributed by atoms with Gasteiger partial charge in [0.2, 0.25) is 0 Å². The molecule has 0 aromatic rings. The number of cyclic esters (lactones) is 4. The number of hydrogen-bond donors (Lipinski definition) is 0. The molecule has 1 rings (SSSR count). The van der Waals surface area contributed by atoms with Gasteiger partial charge in [-0.15, -0.1) is 0 Å². The Morgan fingerprint density at radius 2 is 0.438 bits per heavy atom. The molecule has 0 bridgehead atoms. The van der Waals surface area contributed by atoms with Crippen molar-refractivity contribution < 1.29 is 28.5 Å². The predicted molar refractivity (Wildman–Crippen MR) is 127 cm³/mol. The minimum absolute atomic E-state index is 0.460. The van der Waals surface area contributed by atoms with Crippen molar-refractivity contribution in [2.45, 2.75) is 128 Å². The minimum Gasteiger partial charge on any atom is -0.434 e. The summed E-state index contributed by atoms with van der Waals surface area (Å²) in [5, 5.41) is 0. The molecule has 0 aliphatic carbocycles. The third-order valence-corrected chi connectivity index (χ3v) is 5.96. The summed E-state index contributed by atoms with van der Waals surface area (Å²) in [6, 6.07) is 0. The normalized spacial score (nSPS) is 22.4. The molecule has 0 unspecified atom stereocenters. The van der Waals surface area contributed by atoms with E-state index in [2.05, 4.69) is 0 Å². The zero-order chi connectivity index (χ0) is 23.0. The van der Waals surface area contributed by atoms with Crippen LogP contribution in [0.25, 0.3) is 0 Å². The maximum absolute atomic E-state index is 11.6. The van der Waals surface area contributed by atoms with Crippen molar-refractivity contribution in [3.05, 3.63) is 0 Å². The quantitative estimate of drug-likeness (QED) is 0.343. The molecule has 6 nitrogen and oxygen atoms in total. The fourth-order valence-electron chi connectivity index (χ4n) is 3.94. The van der Waals surface area contributed by atoms with Gasteiger partial charge in [-0.05, 0) is 25.7 Å². The van der Waals surface area contributed by atoms with Crippen LogP contribution in [0, 0.1) is 0 Å². The maximum atomic E-state index is 11.6. The van der Waals surface area contributed by atoms with Crippen LogP contribution >= 0.6 is 0 Å². The lowest BCUT2D eigenvalue weighted by molar-refractivity contribution is 0.0520. The Hall–Kier alpha value is -1.46. The van der Waals surface area contributed by atoms with Gasteiger partial charge >= 0.3 is 12.3 Å². The molecule has 1 heterocycles. The van der Waals surface area contributed by atoms with Crippen molar-refractivity contribution in [1.82, 2.24) is 0 Å². The molecule has 32 heavy (non-hydrogen) atoms. The van der Waals surface area contributed by atoms with E-state index in [0.29, 0.717) is 26.4 Å². The fourth-order valence-corrected chi connectivity index (χ4v) is 3.94. The monoisotopic (exact) mass is 456 g/mol. The van der Waals surface area contributed by atoms with Gasteiger partial charge in [0.05, 0.1) is 26.4 Å². The number of carbonyl (C=O) groups excluding carboxylic acids is 2. The van der Waals surface area contributed by atoms with Gasteiger partial charge in [0.1, 0.15) is 0 Å². The molecule has 1 saturated heterocycles. The Balaban J connectivity index is 2.12. The van der Waals surface area contributed by atoms with Crippen LogP contribution in [0.4, 0.5) is 9.59 Å². The Morgan fingerprint density at radius 1 is 0.281 bits per heavy atom. The molecule has 0 aromatic heterocycles. The van der Waals surface area contributed by atoms with Gasteiger partial charge in [-0.2, -0.15) is 0 Å². The zero-order valence-corrected chi connectivity index (χ0v) is 20.4. The third-order valence-electron chi connectivity index (χ3n) is 5.96. The highest BCUT2D eigenvalue weighted by molar-refractivity contribution is 5.60. The second-order valence-electron chi connectivity index (χ2n) is 8.96. The van der Waals surface area contributed by atoms with Gasteiger partial charge in [-0.3, -0.25) is 0 Å². The Labute approximate surface area is 196 Å². The molecule has 0 radical (unpaired) electrons. The van der Waals surface area contributed by atoms with Crippen molar-refractivity contribution in [3.63, 3.8) is 0 Å². The minimum atomic E-state index is -0.512. The smallest absolute Gasteiger partial charge is 0.434 e. The molecule has 0 aromatic carbocycles. The highest BCUT2D eigenvalue weighted by Crippen LogP contribution is 2.12. The number of rotatable bonds is 0. The summed E-state index contributed by atoms with van der Waals surface area (Å²) in [4.78, 5) is 23.1. The molecule has 0 atom stereocenters. The van der Waals surface area contributed by atoms with Gasteiger partial charge in [-0.25, -0.2) is 9.59 Å². The molecule has 1 fully saturated rings. The maximum Gasteiger partial charge on any atom is 0.508 e. The van der Waals surface area contributed by atoms with Gasteiger partial charge in [0.15, 0.2) is 0 Å². The summed E-state index contributed by atoms with van der Waals surface area (Å²) in [5.41, 5.74) is 0. The second-order valence-corrected chi connectivity index (χ2v) is 8.96. The van der Waals surface area contributed by atoms with E-state index in [9.17, 15) is 9.59 Å². The van der Waals surface area contributed by atoms with Gasteiger partial charge < -0.3 is 18.9 Å². The summed E-state index contributed by atoms with van der Waals surface area (Å²) in [5.74, 6) is 0. The summed E-state index contributed by atoms with van der Waals surface area (Å²) in [6.07, 6.45) is 21.8. The van der Waals surface area contributed by atoms with E-state index in [1.54, 1.807) is 0 Å². The molecule has 0 saturated carbocycles. The van der Waals surface area contributed by atoms with Crippen molar-refractivity contribution in [2.24, 2.45) is 0 Å². The molecular weight excluding hydrogens is 408 g/mol. The molecule has 0 spiro atoms. The van der Waals surface area contributed by atoms with Crippen LogP contribution in [-0.4, -0.2) is 38.7 Å². The largest absolute Gasteiger partial charge is 0.508 e. The Bertz CT molecular complexity index is 402. The Kier molecular flexibility index (Phi) is 20.3. The molecule has 0 amide bonds. The lowest BCUT2D eigenvalue weighted by Gasteiger charge is -2.07. The second kappa shape index (κ2) is 22.7. The SMILES string of the molecule is O=C1OCCCCCCCCCCCCCOC(=O)OCCCCCCCCCCCO1. The van der Waals surface area contributed by atoms with E-state index < -0.39 is 12.3 Å². The van der Waals surface area contributed by atoms with Crippen LogP contribution in [0.1, 0.15) is 128 Å². The first-order chi connectivity index (χ1) is 15.8. The van der Waals surface area contributed by atoms with Gasteiger partial charge in [-0.1, -0.05) is 103 Å². The van der Waals surface area contributed by atoms with Crippen LogP contribution in [0.3, 0.4) is 0 Å².